The van der Waals surface area contributed by atoms with Crippen molar-refractivity contribution in [2.45, 2.75) is 0 Å². The molecule has 10 heteroatoms. The number of rotatable bonds is 7. The fourth-order valence-corrected chi connectivity index (χ4v) is 2.97. The van der Waals surface area contributed by atoms with Crippen molar-refractivity contribution in [2.75, 3.05) is 15.8 Å². The first-order chi connectivity index (χ1) is 15.5. The summed E-state index contributed by atoms with van der Waals surface area (Å²) in [4.78, 5) is 19.2. The van der Waals surface area contributed by atoms with Gasteiger partial charge in [0.2, 0.25) is 11.6 Å². The van der Waals surface area contributed by atoms with Crippen LogP contribution in [0.3, 0.4) is 0 Å². The van der Waals surface area contributed by atoms with E-state index >= 15 is 0 Å². The van der Waals surface area contributed by atoms with Gasteiger partial charge in [-0.3, -0.25) is 20.5 Å². The van der Waals surface area contributed by atoms with Crippen LogP contribution in [0.15, 0.2) is 85.2 Å². The summed E-state index contributed by atoms with van der Waals surface area (Å²) in [5, 5.41) is 16.2. The Kier molecular flexibility index (Phi) is 5.84. The number of nitrogens with one attached hydrogen (secondary N) is 2. The maximum atomic E-state index is 13.6. The summed E-state index contributed by atoms with van der Waals surface area (Å²) in [5.74, 6) is -2.40. The molecule has 8 nitrogen and oxygen atoms in total. The molecule has 4 rings (SSSR count). The van der Waals surface area contributed by atoms with E-state index in [0.29, 0.717) is 11.4 Å². The molecule has 0 atom stereocenters. The van der Waals surface area contributed by atoms with Crippen LogP contribution in [0.4, 0.5) is 43.2 Å². The number of nitrogens with zero attached hydrogens (tertiary/aromatic N) is 4. The van der Waals surface area contributed by atoms with Crippen molar-refractivity contribution in [2.24, 2.45) is 0 Å². The Morgan fingerprint density at radius 3 is 1.97 bits per heavy atom. The number of aromatic nitrogens is 2. The lowest BCUT2D eigenvalue weighted by Crippen LogP contribution is -2.26. The Morgan fingerprint density at radius 2 is 1.41 bits per heavy atom. The van der Waals surface area contributed by atoms with Crippen molar-refractivity contribution in [1.82, 2.24) is 9.97 Å². The Balaban J connectivity index is 1.74. The molecule has 2 N–H and O–H groups in total. The quantitative estimate of drug-likeness (QED) is 0.290. The molecule has 0 aliphatic carbocycles. The highest BCUT2D eigenvalue weighted by Crippen LogP contribution is 2.34. The normalized spacial score (nSPS) is 10.4. The molecule has 4 aromatic rings. The van der Waals surface area contributed by atoms with E-state index in [9.17, 15) is 18.9 Å². The molecule has 0 saturated heterocycles. The highest BCUT2D eigenvalue weighted by atomic mass is 19.2. The molecule has 0 radical (unpaired) electrons. The number of anilines is 5. The van der Waals surface area contributed by atoms with Crippen LogP contribution in [0.2, 0.25) is 0 Å². The van der Waals surface area contributed by atoms with Crippen LogP contribution in [-0.4, -0.2) is 14.9 Å². The molecule has 0 bridgehead atoms. The predicted molar refractivity (Wildman–Crippen MR) is 117 cm³/mol. The van der Waals surface area contributed by atoms with Gasteiger partial charge < -0.3 is 5.32 Å². The van der Waals surface area contributed by atoms with E-state index < -0.39 is 22.2 Å². The third-order valence-electron chi connectivity index (χ3n) is 4.43. The largest absolute Gasteiger partial charge is 0.355 e. The molecule has 160 valence electrons. The second kappa shape index (κ2) is 9.04. The zero-order valence-electron chi connectivity index (χ0n) is 16.4. The van der Waals surface area contributed by atoms with Crippen LogP contribution in [0.25, 0.3) is 0 Å². The van der Waals surface area contributed by atoms with Gasteiger partial charge in [-0.15, -0.1) is 0 Å². The van der Waals surface area contributed by atoms with Gasteiger partial charge >= 0.3 is 5.69 Å². The molecule has 1 heterocycles. The summed E-state index contributed by atoms with van der Waals surface area (Å²) in [6.45, 7) is 0. The summed E-state index contributed by atoms with van der Waals surface area (Å²) in [6.07, 6.45) is 1.13. The first kappa shape index (κ1) is 20.7. The van der Waals surface area contributed by atoms with E-state index in [4.69, 9.17) is 0 Å². The highest BCUT2D eigenvalue weighted by molar-refractivity contribution is 5.77. The average Bonchev–Trinajstić information content (AvgIpc) is 2.81. The van der Waals surface area contributed by atoms with Crippen molar-refractivity contribution in [3.63, 3.8) is 0 Å². The van der Waals surface area contributed by atoms with Crippen LogP contribution in [0.1, 0.15) is 0 Å². The van der Waals surface area contributed by atoms with Crippen LogP contribution in [-0.2, 0) is 0 Å². The highest BCUT2D eigenvalue weighted by Gasteiger charge is 2.25. The van der Waals surface area contributed by atoms with Gasteiger partial charge in [0.1, 0.15) is 6.33 Å². The second-order valence-corrected chi connectivity index (χ2v) is 6.55. The van der Waals surface area contributed by atoms with E-state index in [0.717, 1.165) is 18.5 Å². The third-order valence-corrected chi connectivity index (χ3v) is 4.43. The van der Waals surface area contributed by atoms with Crippen LogP contribution < -0.4 is 15.8 Å². The van der Waals surface area contributed by atoms with Gasteiger partial charge in [0, 0.05) is 11.8 Å². The van der Waals surface area contributed by atoms with Gasteiger partial charge in [0.25, 0.3) is 0 Å². The molecule has 0 unspecified atom stereocenters. The average molecular weight is 434 g/mol. The number of para-hydroxylation sites is 2. The van der Waals surface area contributed by atoms with Gasteiger partial charge in [-0.25, -0.2) is 18.7 Å². The lowest BCUT2D eigenvalue weighted by Gasteiger charge is -2.26. The van der Waals surface area contributed by atoms with Crippen LogP contribution in [0.5, 0.6) is 0 Å². The standard InChI is InChI=1S/C22H16F2N6O2/c23-18-12-11-15(13-19(18)24)27-21-20(30(31)32)22(26-14-25-21)28-29(16-7-3-1-4-8-16)17-9-5-2-6-10-17/h1-14H,(H2,25,26,27,28). The SMILES string of the molecule is O=[N+]([O-])c1c(Nc2ccc(F)c(F)c2)ncnc1NN(c1ccccc1)c1ccccc1. The van der Waals surface area contributed by atoms with Crippen LogP contribution >= 0.6 is 0 Å². The number of nitro groups is 1. The predicted octanol–water partition coefficient (Wildman–Crippen LogP) is 5.57. The first-order valence-electron chi connectivity index (χ1n) is 9.41. The molecular weight excluding hydrogens is 418 g/mol. The summed E-state index contributed by atoms with van der Waals surface area (Å²) in [5.41, 5.74) is 4.03. The molecule has 0 aliphatic rings. The molecule has 0 amide bonds. The van der Waals surface area contributed by atoms with Crippen molar-refractivity contribution >= 4 is 34.4 Å². The van der Waals surface area contributed by atoms with E-state index in [1.165, 1.54) is 6.07 Å². The van der Waals surface area contributed by atoms with Gasteiger partial charge in [-0.1, -0.05) is 36.4 Å². The fraction of sp³-hybridized carbons (Fsp3) is 0. The minimum absolute atomic E-state index is 0.0946. The first-order valence-corrected chi connectivity index (χ1v) is 9.41. The van der Waals surface area contributed by atoms with E-state index in [2.05, 4.69) is 20.7 Å². The topological polar surface area (TPSA) is 96.2 Å². The number of hydrazine groups is 1. The molecule has 0 aliphatic heterocycles. The van der Waals surface area contributed by atoms with Gasteiger partial charge in [-0.05, 0) is 36.4 Å². The maximum absolute atomic E-state index is 13.6. The smallest absolute Gasteiger partial charge is 0.334 e. The minimum Gasteiger partial charge on any atom is -0.334 e. The van der Waals surface area contributed by atoms with Crippen molar-refractivity contribution < 1.29 is 13.7 Å². The van der Waals surface area contributed by atoms with E-state index in [-0.39, 0.29) is 17.3 Å². The zero-order chi connectivity index (χ0) is 22.5. The van der Waals surface area contributed by atoms with Crippen molar-refractivity contribution in [1.29, 1.82) is 0 Å². The summed E-state index contributed by atoms with van der Waals surface area (Å²) in [7, 11) is 0. The van der Waals surface area contributed by atoms with Crippen molar-refractivity contribution in [3.8, 4) is 0 Å². The van der Waals surface area contributed by atoms with Crippen molar-refractivity contribution in [3.05, 3.63) is 107 Å². The Labute approximate surface area is 181 Å². The Hall–Kier alpha value is -4.60. The van der Waals surface area contributed by atoms with Gasteiger partial charge in [0.05, 0.1) is 16.3 Å². The summed E-state index contributed by atoms with van der Waals surface area (Å²) in [6, 6.07) is 21.4. The Bertz CT molecular complexity index is 1200. The van der Waals surface area contributed by atoms with E-state index in [1.807, 2.05) is 60.7 Å². The van der Waals surface area contributed by atoms with E-state index in [1.54, 1.807) is 5.01 Å². The molecular formula is C22H16F2N6O2. The molecule has 0 saturated carbocycles. The lowest BCUT2D eigenvalue weighted by molar-refractivity contribution is -0.383. The number of hydrogen-bond acceptors (Lipinski definition) is 7. The third kappa shape index (κ3) is 4.43. The number of halogens is 2. The lowest BCUT2D eigenvalue weighted by atomic mass is 10.2. The fourth-order valence-electron chi connectivity index (χ4n) is 2.97. The molecule has 0 spiro atoms. The minimum atomic E-state index is -1.09. The molecule has 32 heavy (non-hydrogen) atoms. The van der Waals surface area contributed by atoms with Crippen LogP contribution in [0, 0.1) is 21.7 Å². The monoisotopic (exact) mass is 434 g/mol. The molecule has 0 fully saturated rings. The summed E-state index contributed by atoms with van der Waals surface area (Å²) >= 11 is 0. The zero-order valence-corrected chi connectivity index (χ0v) is 16.4. The number of hydrogen-bond donors (Lipinski definition) is 2. The Morgan fingerprint density at radius 1 is 0.812 bits per heavy atom. The molecule has 1 aromatic heterocycles. The maximum Gasteiger partial charge on any atom is 0.355 e. The van der Waals surface area contributed by atoms with Gasteiger partial charge in [0.15, 0.2) is 11.6 Å². The second-order valence-electron chi connectivity index (χ2n) is 6.55. The number of benzene rings is 3. The van der Waals surface area contributed by atoms with Gasteiger partial charge in [-0.2, -0.15) is 0 Å². The molecule has 3 aromatic carbocycles. The summed E-state index contributed by atoms with van der Waals surface area (Å²) < 4.78 is 26.8.